The van der Waals surface area contributed by atoms with Gasteiger partial charge in [0.15, 0.2) is 0 Å². The molecule has 1 atom stereocenters. The lowest BCUT2D eigenvalue weighted by Gasteiger charge is -2.38. The minimum absolute atomic E-state index is 0.0766. The van der Waals surface area contributed by atoms with Crippen molar-refractivity contribution in [3.8, 4) is 16.9 Å². The van der Waals surface area contributed by atoms with Crippen molar-refractivity contribution in [2.45, 2.75) is 32.5 Å². The Balaban J connectivity index is 1.28. The molecular formula is C27H27F4N7O2. The second-order valence-electron chi connectivity index (χ2n) is 9.71. The summed E-state index contributed by atoms with van der Waals surface area (Å²) in [6.45, 7) is 4.95. The number of halogens is 4. The average molecular weight is 558 g/mol. The average Bonchev–Trinajstić information content (AvgIpc) is 3.29. The largest absolute Gasteiger partial charge is 0.505 e. The lowest BCUT2D eigenvalue weighted by molar-refractivity contribution is -0.162. The molecule has 0 radical (unpaired) electrons. The number of pyridine rings is 2. The number of carbonyl (C=O) groups is 1. The fourth-order valence-electron chi connectivity index (χ4n) is 4.82. The number of hydrogen-bond acceptors (Lipinski definition) is 7. The number of amides is 1. The zero-order chi connectivity index (χ0) is 28.6. The van der Waals surface area contributed by atoms with E-state index < -0.39 is 24.3 Å². The molecule has 4 aromatic rings. The van der Waals surface area contributed by atoms with Gasteiger partial charge in [-0.3, -0.25) is 14.7 Å². The number of anilines is 2. The summed E-state index contributed by atoms with van der Waals surface area (Å²) in [5.74, 6) is -0.703. The van der Waals surface area contributed by atoms with Crippen LogP contribution in [-0.2, 0) is 4.79 Å². The van der Waals surface area contributed by atoms with Crippen LogP contribution in [0.5, 0.6) is 5.75 Å². The molecule has 1 aliphatic rings. The molecule has 0 spiro atoms. The summed E-state index contributed by atoms with van der Waals surface area (Å²) in [6.07, 6.45) is -2.82. The SMILES string of the molecule is Cc1nccc(-c2cc3[nH]c(Nc4cc(C(C)N5CCN(C(=O)CC(F)(F)F)CC5)ccn4)nc3cc2F)c1O. The lowest BCUT2D eigenvalue weighted by Crippen LogP contribution is -2.50. The van der Waals surface area contributed by atoms with Gasteiger partial charge in [0.05, 0.1) is 16.7 Å². The first-order chi connectivity index (χ1) is 19.0. The van der Waals surface area contributed by atoms with Crippen molar-refractivity contribution >= 4 is 28.7 Å². The zero-order valence-corrected chi connectivity index (χ0v) is 21.8. The van der Waals surface area contributed by atoms with Crippen molar-refractivity contribution in [3.63, 3.8) is 0 Å². The first-order valence-electron chi connectivity index (χ1n) is 12.6. The van der Waals surface area contributed by atoms with E-state index in [1.165, 1.54) is 17.2 Å². The Morgan fingerprint density at radius 2 is 1.82 bits per heavy atom. The number of fused-ring (bicyclic) bond motifs is 1. The number of carbonyl (C=O) groups excluding carboxylic acids is 1. The number of aryl methyl sites for hydroxylation is 1. The van der Waals surface area contributed by atoms with E-state index in [1.807, 2.05) is 19.1 Å². The zero-order valence-electron chi connectivity index (χ0n) is 21.8. The molecule has 1 fully saturated rings. The molecule has 9 nitrogen and oxygen atoms in total. The summed E-state index contributed by atoms with van der Waals surface area (Å²) in [6, 6.07) is 8.00. The standard InChI is InChI=1S/C27H27F4N7O2/c1-15-25(40)18(4-6-32-15)19-12-21-22(13-20(19)28)35-26(34-21)36-23-11-17(3-5-33-23)16(2)37-7-9-38(10-8-37)24(39)14-27(29,30)31/h3-6,11-13,16,40H,7-10,14H2,1-2H3,(H2,33,34,35,36). The van der Waals surface area contributed by atoms with Gasteiger partial charge in [0.25, 0.3) is 0 Å². The molecule has 0 bridgehead atoms. The van der Waals surface area contributed by atoms with Crippen LogP contribution in [0.15, 0.2) is 42.7 Å². The van der Waals surface area contributed by atoms with E-state index in [1.54, 1.807) is 25.3 Å². The number of hydrogen-bond donors (Lipinski definition) is 3. The minimum Gasteiger partial charge on any atom is -0.505 e. The number of nitrogens with one attached hydrogen (secondary N) is 2. The van der Waals surface area contributed by atoms with Crippen molar-refractivity contribution in [1.82, 2.24) is 29.7 Å². The van der Waals surface area contributed by atoms with E-state index in [2.05, 4.69) is 30.2 Å². The van der Waals surface area contributed by atoms with E-state index in [9.17, 15) is 27.5 Å². The van der Waals surface area contributed by atoms with Gasteiger partial charge in [0, 0.05) is 61.8 Å². The van der Waals surface area contributed by atoms with Crippen LogP contribution >= 0.6 is 0 Å². The van der Waals surface area contributed by atoms with Gasteiger partial charge < -0.3 is 20.3 Å². The fourth-order valence-corrected chi connectivity index (χ4v) is 4.82. The molecule has 1 aromatic carbocycles. The number of aromatic hydroxyl groups is 1. The molecule has 210 valence electrons. The Bertz CT molecular complexity index is 1550. The molecule has 5 rings (SSSR count). The summed E-state index contributed by atoms with van der Waals surface area (Å²) in [5, 5.41) is 13.4. The van der Waals surface area contributed by atoms with Crippen LogP contribution < -0.4 is 5.32 Å². The highest BCUT2D eigenvalue weighted by atomic mass is 19.4. The molecule has 4 heterocycles. The number of aromatic nitrogens is 4. The van der Waals surface area contributed by atoms with Gasteiger partial charge in [-0.1, -0.05) is 0 Å². The number of piperazine rings is 1. The summed E-state index contributed by atoms with van der Waals surface area (Å²) in [7, 11) is 0. The van der Waals surface area contributed by atoms with Gasteiger partial charge >= 0.3 is 6.18 Å². The van der Waals surface area contributed by atoms with E-state index in [0.29, 0.717) is 47.1 Å². The molecule has 0 aliphatic carbocycles. The Hall–Kier alpha value is -4.26. The molecule has 3 N–H and O–H groups in total. The van der Waals surface area contributed by atoms with E-state index in [-0.39, 0.29) is 30.4 Å². The topological polar surface area (TPSA) is 110 Å². The minimum atomic E-state index is -4.51. The van der Waals surface area contributed by atoms with Crippen molar-refractivity contribution in [2.75, 3.05) is 31.5 Å². The van der Waals surface area contributed by atoms with E-state index in [0.717, 1.165) is 5.56 Å². The number of imidazole rings is 1. The Morgan fingerprint density at radius 1 is 1.10 bits per heavy atom. The summed E-state index contributed by atoms with van der Waals surface area (Å²) < 4.78 is 52.6. The Kier molecular flexibility index (Phi) is 7.32. The predicted molar refractivity (Wildman–Crippen MR) is 140 cm³/mol. The molecule has 0 saturated carbocycles. The van der Waals surface area contributed by atoms with Crippen LogP contribution in [0.2, 0.25) is 0 Å². The maximum absolute atomic E-state index is 14.9. The molecule has 1 unspecified atom stereocenters. The summed E-state index contributed by atoms with van der Waals surface area (Å²) in [5.41, 5.74) is 2.78. The third-order valence-corrected chi connectivity index (χ3v) is 7.05. The highest BCUT2D eigenvalue weighted by molar-refractivity contribution is 5.85. The van der Waals surface area contributed by atoms with Crippen molar-refractivity contribution in [2.24, 2.45) is 0 Å². The van der Waals surface area contributed by atoms with Crippen LogP contribution in [0.25, 0.3) is 22.2 Å². The highest BCUT2D eigenvalue weighted by Gasteiger charge is 2.35. The van der Waals surface area contributed by atoms with Gasteiger partial charge in [-0.2, -0.15) is 13.2 Å². The summed E-state index contributed by atoms with van der Waals surface area (Å²) >= 11 is 0. The first kappa shape index (κ1) is 27.3. The Labute approximate surface area is 226 Å². The quantitative estimate of drug-likeness (QED) is 0.284. The number of rotatable bonds is 6. The lowest BCUT2D eigenvalue weighted by atomic mass is 10.0. The molecule has 13 heteroatoms. The third-order valence-electron chi connectivity index (χ3n) is 7.05. The first-order valence-corrected chi connectivity index (χ1v) is 12.6. The second kappa shape index (κ2) is 10.7. The molecule has 1 saturated heterocycles. The Morgan fingerprint density at radius 3 is 2.55 bits per heavy atom. The number of H-pyrrole nitrogens is 1. The van der Waals surface area contributed by atoms with Crippen LogP contribution in [0.1, 0.15) is 30.6 Å². The molecule has 40 heavy (non-hydrogen) atoms. The maximum atomic E-state index is 14.9. The van der Waals surface area contributed by atoms with E-state index in [4.69, 9.17) is 0 Å². The van der Waals surface area contributed by atoms with Crippen LogP contribution in [0.4, 0.5) is 29.3 Å². The van der Waals surface area contributed by atoms with Crippen LogP contribution in [0.3, 0.4) is 0 Å². The second-order valence-corrected chi connectivity index (χ2v) is 9.71. The third kappa shape index (κ3) is 5.83. The molecule has 1 aliphatic heterocycles. The number of benzene rings is 1. The number of alkyl halides is 3. The van der Waals surface area contributed by atoms with Crippen molar-refractivity contribution in [3.05, 3.63) is 59.8 Å². The van der Waals surface area contributed by atoms with Crippen molar-refractivity contribution in [1.29, 1.82) is 0 Å². The van der Waals surface area contributed by atoms with Gasteiger partial charge in [0.1, 0.15) is 23.8 Å². The number of aromatic amines is 1. The van der Waals surface area contributed by atoms with Gasteiger partial charge in [-0.15, -0.1) is 0 Å². The van der Waals surface area contributed by atoms with Gasteiger partial charge in [-0.25, -0.2) is 14.4 Å². The smallest absolute Gasteiger partial charge is 0.397 e. The fraction of sp³-hybridized carbons (Fsp3) is 0.333. The molecule has 3 aromatic heterocycles. The number of nitrogens with zero attached hydrogens (tertiary/aromatic N) is 5. The van der Waals surface area contributed by atoms with Gasteiger partial charge in [-0.05, 0) is 43.7 Å². The maximum Gasteiger partial charge on any atom is 0.397 e. The normalized spacial score (nSPS) is 15.4. The van der Waals surface area contributed by atoms with Crippen molar-refractivity contribution < 1.29 is 27.5 Å². The predicted octanol–water partition coefficient (Wildman–Crippen LogP) is 5.07. The summed E-state index contributed by atoms with van der Waals surface area (Å²) in [4.78, 5) is 31.1. The van der Waals surface area contributed by atoms with Crippen LogP contribution in [-0.4, -0.2) is 73.1 Å². The molecular weight excluding hydrogens is 530 g/mol. The van der Waals surface area contributed by atoms with E-state index >= 15 is 0 Å². The molecule has 1 amide bonds. The monoisotopic (exact) mass is 557 g/mol. The highest BCUT2D eigenvalue weighted by Crippen LogP contribution is 2.35. The van der Waals surface area contributed by atoms with Gasteiger partial charge in [0.2, 0.25) is 11.9 Å². The van der Waals surface area contributed by atoms with Crippen LogP contribution in [0, 0.1) is 12.7 Å².